The third-order valence-electron chi connectivity index (χ3n) is 15.5. The summed E-state index contributed by atoms with van der Waals surface area (Å²) in [6.07, 6.45) is 9.72. The topological polar surface area (TPSA) is 153 Å². The molecule has 0 unspecified atom stereocenters. The highest BCUT2D eigenvalue weighted by atomic mass is 32.2. The van der Waals surface area contributed by atoms with Crippen molar-refractivity contribution < 1.29 is 48.6 Å². The first-order valence-electron chi connectivity index (χ1n) is 23.4. The Morgan fingerprint density at radius 2 is 1.63 bits per heavy atom. The molecule has 11 nitrogen and oxygen atoms in total. The minimum Gasteiger partial charge on any atom is -0.481 e. The number of thiocarbonyl (C=S) groups is 1. The summed E-state index contributed by atoms with van der Waals surface area (Å²) < 4.78 is 35.5. The number of ether oxygens (including phenoxy) is 5. The van der Waals surface area contributed by atoms with E-state index < -0.39 is 70.9 Å². The van der Waals surface area contributed by atoms with Crippen LogP contribution in [0.3, 0.4) is 0 Å². The Hall–Kier alpha value is -1.16. The Bertz CT molecular complexity index is 1520. The van der Waals surface area contributed by atoms with E-state index in [1.807, 2.05) is 47.6 Å². The number of carbonyl (C=O) groups excluding carboxylic acids is 1. The first kappa shape index (κ1) is 49.8. The number of aliphatic hydroxyl groups is 2. The van der Waals surface area contributed by atoms with Gasteiger partial charge in [-0.2, -0.15) is 0 Å². The van der Waals surface area contributed by atoms with Gasteiger partial charge in [0.1, 0.15) is 16.1 Å². The quantitative estimate of drug-likeness (QED) is 0.0666. The fourth-order valence-electron chi connectivity index (χ4n) is 11.1. The molecule has 5 rings (SSSR count). The number of hydrogen-bond acceptors (Lipinski definition) is 11. The Morgan fingerprint density at radius 3 is 2.25 bits per heavy atom. The van der Waals surface area contributed by atoms with Crippen LogP contribution < -0.4 is 5.32 Å². The minimum absolute atomic E-state index is 0.0290. The normalized spacial score (nSPS) is 42.0. The molecule has 13 heteroatoms. The SMILES string of the molecule is CCCCSC(=S)N[C@@H]1C=C[C@]2(O[C@H]([C@@H](CC)C(=O)[C@@H](C)[C@@H](O)[C@H](C)[C@@H]3O[C@@H]([C@@H](CC)C(=O)O)CC[C@@H]3C)[C@@H](C)C[C@H]2C)O[C@@]12CC[C@@](C)([C@H]1CC[C@](O)(CC)[C@H](C)O1)O2. The van der Waals surface area contributed by atoms with Gasteiger partial charge in [-0.3, -0.25) is 9.59 Å². The van der Waals surface area contributed by atoms with Crippen molar-refractivity contribution in [3.05, 3.63) is 12.2 Å². The molecule has 2 spiro atoms. The molecule has 0 radical (unpaired) electrons. The van der Waals surface area contributed by atoms with E-state index in [1.165, 1.54) is 0 Å². The van der Waals surface area contributed by atoms with Crippen LogP contribution in [0.2, 0.25) is 0 Å². The molecule has 5 aliphatic heterocycles. The maximum absolute atomic E-state index is 14.7. The van der Waals surface area contributed by atoms with Crippen molar-refractivity contribution in [3.8, 4) is 0 Å². The molecule has 60 heavy (non-hydrogen) atoms. The molecule has 4 saturated heterocycles. The van der Waals surface area contributed by atoms with Crippen molar-refractivity contribution in [1.82, 2.24) is 5.32 Å². The van der Waals surface area contributed by atoms with Crippen LogP contribution in [0.5, 0.6) is 0 Å². The van der Waals surface area contributed by atoms with Crippen molar-refractivity contribution in [2.24, 2.45) is 41.4 Å². The molecule has 0 aliphatic carbocycles. The molecular weight excluding hydrogens is 803 g/mol. The smallest absolute Gasteiger partial charge is 0.309 e. The fraction of sp³-hybridized carbons (Fsp3) is 0.894. The second-order valence-corrected chi connectivity index (χ2v) is 21.4. The van der Waals surface area contributed by atoms with E-state index >= 15 is 0 Å². The molecule has 5 aliphatic rings. The number of Topliss-reactive ketones (excluding diaryl/α,β-unsaturated/α-hetero) is 1. The van der Waals surface area contributed by atoms with Crippen LogP contribution in [-0.2, 0) is 33.3 Å². The van der Waals surface area contributed by atoms with Gasteiger partial charge in [-0.1, -0.05) is 98.8 Å². The molecule has 0 aromatic carbocycles. The highest BCUT2D eigenvalue weighted by Gasteiger charge is 2.63. The Labute approximate surface area is 370 Å². The van der Waals surface area contributed by atoms with Crippen LogP contribution in [-0.4, -0.2) is 103 Å². The van der Waals surface area contributed by atoms with Crippen LogP contribution in [0.15, 0.2) is 12.2 Å². The summed E-state index contributed by atoms with van der Waals surface area (Å²) in [5, 5.41) is 36.5. The lowest BCUT2D eigenvalue weighted by atomic mass is 9.72. The second kappa shape index (κ2) is 20.3. The number of rotatable bonds is 16. The maximum atomic E-state index is 14.7. The van der Waals surface area contributed by atoms with Crippen LogP contribution in [0.1, 0.15) is 153 Å². The van der Waals surface area contributed by atoms with Gasteiger partial charge in [-0.05, 0) is 96.0 Å². The molecule has 0 bridgehead atoms. The molecule has 18 atom stereocenters. The number of aliphatic hydroxyl groups excluding tert-OH is 1. The lowest BCUT2D eigenvalue weighted by molar-refractivity contribution is -0.397. The predicted octanol–water partition coefficient (Wildman–Crippen LogP) is 8.60. The van der Waals surface area contributed by atoms with Gasteiger partial charge in [0.25, 0.3) is 0 Å². The van der Waals surface area contributed by atoms with Gasteiger partial charge < -0.3 is 44.3 Å². The van der Waals surface area contributed by atoms with Crippen molar-refractivity contribution in [2.45, 2.75) is 219 Å². The standard InChI is InChI=1S/C47H79NO10S2/c1-12-16-25-60-43(59)48-36-19-22-46(58-47(36)24-23-44(11,57-47)37-20-21-45(53,15-4)32(10)54-37)29(7)26-28(6)41(56-46)34(14-3)39(50)30(8)38(49)31(9)40-27(5)17-18-35(55-40)33(13-2)42(51)52/h19,22,27-38,40-41,49,53H,12-18,20-21,23-26H2,1-11H3,(H,48,59)(H,51,52)/t27-,28-,29+,30-,31-,32-,33+,34-,35+,36+,37+,38+,40+,41-,44-,45+,46-,47-/m0/s1. The molecule has 5 heterocycles. The molecule has 344 valence electrons. The summed E-state index contributed by atoms with van der Waals surface area (Å²) in [7, 11) is 0. The molecular formula is C47H79NO10S2. The number of carboxylic acids is 1. The number of nitrogens with one attached hydrogen (secondary N) is 1. The van der Waals surface area contributed by atoms with Crippen molar-refractivity contribution >= 4 is 40.1 Å². The summed E-state index contributed by atoms with van der Waals surface area (Å²) in [6.45, 7) is 22.2. The lowest BCUT2D eigenvalue weighted by Gasteiger charge is -2.55. The highest BCUT2D eigenvalue weighted by molar-refractivity contribution is 8.22. The zero-order valence-corrected chi connectivity index (χ0v) is 40.1. The number of carbonyl (C=O) groups is 2. The largest absolute Gasteiger partial charge is 0.481 e. The predicted molar refractivity (Wildman–Crippen MR) is 240 cm³/mol. The summed E-state index contributed by atoms with van der Waals surface area (Å²) in [4.78, 5) is 26.7. The summed E-state index contributed by atoms with van der Waals surface area (Å²) in [5.74, 6) is -4.48. The zero-order chi connectivity index (χ0) is 44.4. The molecule has 0 saturated carbocycles. The maximum Gasteiger partial charge on any atom is 0.309 e. The number of hydrogen-bond donors (Lipinski definition) is 4. The molecule has 0 aromatic rings. The van der Waals surface area contributed by atoms with Gasteiger partial charge in [-0.15, -0.1) is 0 Å². The highest BCUT2D eigenvalue weighted by Crippen LogP contribution is 2.54. The average Bonchev–Trinajstić information content (AvgIpc) is 3.55. The fourth-order valence-corrected chi connectivity index (χ4v) is 12.4. The van der Waals surface area contributed by atoms with E-state index in [-0.39, 0.29) is 47.8 Å². The molecule has 0 aromatic heterocycles. The Balaban J connectivity index is 1.38. The number of thioether (sulfide) groups is 1. The van der Waals surface area contributed by atoms with Gasteiger partial charge in [0.15, 0.2) is 11.6 Å². The first-order chi connectivity index (χ1) is 28.2. The summed E-state index contributed by atoms with van der Waals surface area (Å²) in [5.41, 5.74) is -1.57. The summed E-state index contributed by atoms with van der Waals surface area (Å²) >= 11 is 7.49. The van der Waals surface area contributed by atoms with E-state index in [1.54, 1.807) is 11.8 Å². The van der Waals surface area contributed by atoms with Crippen molar-refractivity contribution in [3.63, 3.8) is 0 Å². The van der Waals surface area contributed by atoms with Gasteiger partial charge in [0.05, 0.1) is 53.7 Å². The van der Waals surface area contributed by atoms with Crippen molar-refractivity contribution in [2.75, 3.05) is 5.75 Å². The van der Waals surface area contributed by atoms with Crippen LogP contribution >= 0.6 is 24.0 Å². The molecule has 0 amide bonds. The monoisotopic (exact) mass is 882 g/mol. The van der Waals surface area contributed by atoms with Gasteiger partial charge in [0, 0.05) is 35.8 Å². The van der Waals surface area contributed by atoms with E-state index in [9.17, 15) is 24.9 Å². The molecule has 4 N–H and O–H groups in total. The van der Waals surface area contributed by atoms with Crippen LogP contribution in [0, 0.1) is 41.4 Å². The number of ketones is 1. The lowest BCUT2D eigenvalue weighted by Crippen LogP contribution is -2.65. The van der Waals surface area contributed by atoms with Gasteiger partial charge in [-0.25, -0.2) is 0 Å². The first-order valence-corrected chi connectivity index (χ1v) is 24.8. The van der Waals surface area contributed by atoms with Gasteiger partial charge >= 0.3 is 5.97 Å². The third kappa shape index (κ3) is 10.2. The van der Waals surface area contributed by atoms with Crippen LogP contribution in [0.25, 0.3) is 0 Å². The second-order valence-electron chi connectivity index (χ2n) is 19.6. The third-order valence-corrected chi connectivity index (χ3v) is 16.8. The Morgan fingerprint density at radius 1 is 0.933 bits per heavy atom. The number of carboxylic acid groups (broad SMARTS) is 1. The Kier molecular flexibility index (Phi) is 16.9. The van der Waals surface area contributed by atoms with E-state index in [0.717, 1.165) is 31.4 Å². The van der Waals surface area contributed by atoms with Gasteiger partial charge in [0.2, 0.25) is 0 Å². The number of unbranched alkanes of at least 4 members (excludes halogenated alkanes) is 1. The summed E-state index contributed by atoms with van der Waals surface area (Å²) in [6, 6.07) is -0.402. The average molecular weight is 882 g/mol. The zero-order valence-electron chi connectivity index (χ0n) is 38.4. The van der Waals surface area contributed by atoms with Crippen molar-refractivity contribution in [1.29, 1.82) is 0 Å². The minimum atomic E-state index is -1.19. The molecule has 4 fully saturated rings. The van der Waals surface area contributed by atoms with E-state index in [0.29, 0.717) is 55.7 Å². The van der Waals surface area contributed by atoms with E-state index in [4.69, 9.17) is 35.9 Å². The van der Waals surface area contributed by atoms with Crippen LogP contribution in [0.4, 0.5) is 0 Å². The van der Waals surface area contributed by atoms with E-state index in [2.05, 4.69) is 46.0 Å². The number of aliphatic carboxylic acids is 1.